The number of hydrogen-bond acceptors (Lipinski definition) is 6. The molecule has 1 fully saturated rings. The number of esters is 1. The standard InChI is InChI=1S/C22H30N4O4/c1-16-13-19(26(23-16)14-17-9-7-6-8-10-17)24-11-12-25(18(15-24)20(27)29-5)21(28)30-22(2,3)4/h6-10,13,18H,11-12,14-15H2,1-5H3. The minimum absolute atomic E-state index is 0.311. The smallest absolute Gasteiger partial charge is 0.411 e. The van der Waals surface area contributed by atoms with Gasteiger partial charge in [-0.3, -0.25) is 4.90 Å². The summed E-state index contributed by atoms with van der Waals surface area (Å²) in [6, 6.07) is 11.3. The van der Waals surface area contributed by atoms with Gasteiger partial charge in [-0.1, -0.05) is 30.3 Å². The zero-order valence-electron chi connectivity index (χ0n) is 18.3. The normalized spacial score (nSPS) is 17.0. The number of piperazine rings is 1. The molecular weight excluding hydrogens is 384 g/mol. The number of anilines is 1. The molecule has 1 unspecified atom stereocenters. The van der Waals surface area contributed by atoms with Crippen LogP contribution in [0.15, 0.2) is 36.4 Å². The van der Waals surface area contributed by atoms with Crippen LogP contribution in [-0.4, -0.2) is 65.1 Å². The van der Waals surface area contributed by atoms with Crippen LogP contribution in [0.2, 0.25) is 0 Å². The van der Waals surface area contributed by atoms with Crippen molar-refractivity contribution in [2.45, 2.75) is 45.9 Å². The summed E-state index contributed by atoms with van der Waals surface area (Å²) in [6.07, 6.45) is -0.508. The lowest BCUT2D eigenvalue weighted by atomic mass is 10.1. The Bertz CT molecular complexity index is 888. The van der Waals surface area contributed by atoms with E-state index in [0.717, 1.165) is 17.1 Å². The molecule has 1 atom stereocenters. The lowest BCUT2D eigenvalue weighted by Crippen LogP contribution is -2.59. The molecule has 2 heterocycles. The third-order valence-corrected chi connectivity index (χ3v) is 4.86. The van der Waals surface area contributed by atoms with E-state index in [9.17, 15) is 9.59 Å². The summed E-state index contributed by atoms with van der Waals surface area (Å²) in [4.78, 5) is 28.7. The highest BCUT2D eigenvalue weighted by Gasteiger charge is 2.39. The Hall–Kier alpha value is -3.03. The zero-order valence-corrected chi connectivity index (χ0v) is 18.3. The van der Waals surface area contributed by atoms with Crippen LogP contribution in [0, 0.1) is 6.92 Å². The van der Waals surface area contributed by atoms with E-state index >= 15 is 0 Å². The number of aromatic nitrogens is 2. The van der Waals surface area contributed by atoms with Crippen molar-refractivity contribution in [3.63, 3.8) is 0 Å². The van der Waals surface area contributed by atoms with Crippen molar-refractivity contribution in [3.8, 4) is 0 Å². The lowest BCUT2D eigenvalue weighted by Gasteiger charge is -2.41. The maximum atomic E-state index is 12.7. The highest BCUT2D eigenvalue weighted by atomic mass is 16.6. The lowest BCUT2D eigenvalue weighted by molar-refractivity contribution is -0.147. The molecule has 2 aromatic rings. The first-order chi connectivity index (χ1) is 14.2. The van der Waals surface area contributed by atoms with Crippen molar-refractivity contribution in [1.29, 1.82) is 0 Å². The van der Waals surface area contributed by atoms with Gasteiger partial charge in [0, 0.05) is 19.2 Å². The van der Waals surface area contributed by atoms with Crippen molar-refractivity contribution in [3.05, 3.63) is 47.7 Å². The molecule has 0 saturated carbocycles. The van der Waals surface area contributed by atoms with E-state index in [2.05, 4.69) is 22.1 Å². The van der Waals surface area contributed by atoms with Gasteiger partial charge in [0.05, 0.1) is 25.9 Å². The third-order valence-electron chi connectivity index (χ3n) is 4.86. The highest BCUT2D eigenvalue weighted by Crippen LogP contribution is 2.24. The second-order valence-electron chi connectivity index (χ2n) is 8.45. The number of nitrogens with zero attached hydrogens (tertiary/aromatic N) is 4. The average Bonchev–Trinajstić information content (AvgIpc) is 3.06. The Morgan fingerprint density at radius 2 is 1.87 bits per heavy atom. The summed E-state index contributed by atoms with van der Waals surface area (Å²) in [5.41, 5.74) is 1.39. The molecule has 1 aromatic carbocycles. The van der Waals surface area contributed by atoms with Crippen LogP contribution in [-0.2, 0) is 20.8 Å². The molecule has 1 aromatic heterocycles. The van der Waals surface area contributed by atoms with E-state index < -0.39 is 23.7 Å². The van der Waals surface area contributed by atoms with E-state index in [1.165, 1.54) is 12.0 Å². The quantitative estimate of drug-likeness (QED) is 0.716. The van der Waals surface area contributed by atoms with E-state index in [4.69, 9.17) is 9.47 Å². The van der Waals surface area contributed by atoms with Gasteiger partial charge < -0.3 is 14.4 Å². The molecule has 0 aliphatic carbocycles. The second-order valence-corrected chi connectivity index (χ2v) is 8.45. The van der Waals surface area contributed by atoms with Crippen LogP contribution < -0.4 is 4.90 Å². The van der Waals surface area contributed by atoms with Gasteiger partial charge in [-0.15, -0.1) is 0 Å². The molecule has 8 heteroatoms. The van der Waals surface area contributed by atoms with Gasteiger partial charge in [0.25, 0.3) is 0 Å². The van der Waals surface area contributed by atoms with Crippen molar-refractivity contribution >= 4 is 17.9 Å². The zero-order chi connectivity index (χ0) is 21.9. The molecule has 1 aliphatic rings. The van der Waals surface area contributed by atoms with E-state index in [-0.39, 0.29) is 0 Å². The van der Waals surface area contributed by atoms with Crippen LogP contribution in [0.25, 0.3) is 0 Å². The third kappa shape index (κ3) is 5.11. The number of aryl methyl sites for hydroxylation is 1. The van der Waals surface area contributed by atoms with Crippen molar-refractivity contribution < 1.29 is 19.1 Å². The first-order valence-corrected chi connectivity index (χ1v) is 10.1. The van der Waals surface area contributed by atoms with Crippen molar-refractivity contribution in [2.75, 3.05) is 31.6 Å². The predicted molar refractivity (Wildman–Crippen MR) is 113 cm³/mol. The van der Waals surface area contributed by atoms with Gasteiger partial charge in [-0.2, -0.15) is 5.10 Å². The number of ether oxygens (including phenoxy) is 2. The molecule has 162 valence electrons. The topological polar surface area (TPSA) is 76.9 Å². The minimum Gasteiger partial charge on any atom is -0.467 e. The van der Waals surface area contributed by atoms with Gasteiger partial charge in [0.15, 0.2) is 6.04 Å². The average molecular weight is 415 g/mol. The van der Waals surface area contributed by atoms with Gasteiger partial charge in [-0.05, 0) is 33.3 Å². The van der Waals surface area contributed by atoms with Gasteiger partial charge in [-0.25, -0.2) is 14.3 Å². The van der Waals surface area contributed by atoms with Crippen LogP contribution in [0.3, 0.4) is 0 Å². The fourth-order valence-corrected chi connectivity index (χ4v) is 3.53. The van der Waals surface area contributed by atoms with E-state index in [1.54, 1.807) is 20.8 Å². The monoisotopic (exact) mass is 414 g/mol. The maximum Gasteiger partial charge on any atom is 0.411 e. The molecule has 1 aliphatic heterocycles. The van der Waals surface area contributed by atoms with Crippen LogP contribution in [0.5, 0.6) is 0 Å². The number of benzene rings is 1. The number of carbonyl (C=O) groups excluding carboxylic acids is 2. The van der Waals surface area contributed by atoms with Gasteiger partial charge >= 0.3 is 12.1 Å². The first-order valence-electron chi connectivity index (χ1n) is 10.1. The van der Waals surface area contributed by atoms with Crippen LogP contribution >= 0.6 is 0 Å². The molecule has 1 saturated heterocycles. The molecular formula is C22H30N4O4. The Kier molecular flexibility index (Phi) is 6.34. The van der Waals surface area contributed by atoms with Crippen molar-refractivity contribution in [2.24, 2.45) is 0 Å². The summed E-state index contributed by atoms with van der Waals surface area (Å²) in [5.74, 6) is 0.450. The first kappa shape index (κ1) is 21.7. The van der Waals surface area contributed by atoms with Crippen LogP contribution in [0.4, 0.5) is 10.6 Å². The largest absolute Gasteiger partial charge is 0.467 e. The number of methoxy groups -OCH3 is 1. The van der Waals surface area contributed by atoms with E-state index in [0.29, 0.717) is 26.2 Å². The summed E-state index contributed by atoms with van der Waals surface area (Å²) in [7, 11) is 1.33. The number of amides is 1. The molecule has 0 radical (unpaired) electrons. The minimum atomic E-state index is -0.751. The molecule has 0 bridgehead atoms. The van der Waals surface area contributed by atoms with E-state index in [1.807, 2.05) is 35.9 Å². The molecule has 0 spiro atoms. The summed E-state index contributed by atoms with van der Waals surface area (Å²) < 4.78 is 12.4. The summed E-state index contributed by atoms with van der Waals surface area (Å²) in [6.45, 7) is 9.21. The summed E-state index contributed by atoms with van der Waals surface area (Å²) in [5, 5.41) is 4.63. The van der Waals surface area contributed by atoms with Crippen LogP contribution in [0.1, 0.15) is 32.0 Å². The molecule has 3 rings (SSSR count). The number of carbonyl (C=O) groups is 2. The SMILES string of the molecule is COC(=O)C1CN(c2cc(C)nn2Cc2ccccc2)CCN1C(=O)OC(C)(C)C. The fraction of sp³-hybridized carbons (Fsp3) is 0.500. The number of rotatable bonds is 4. The molecule has 8 nitrogen and oxygen atoms in total. The van der Waals surface area contributed by atoms with Gasteiger partial charge in [0.1, 0.15) is 11.4 Å². The second kappa shape index (κ2) is 8.77. The number of hydrogen-bond donors (Lipinski definition) is 0. The Morgan fingerprint density at radius 3 is 2.50 bits per heavy atom. The Labute approximate surface area is 177 Å². The Morgan fingerprint density at radius 1 is 1.17 bits per heavy atom. The Balaban J connectivity index is 1.82. The maximum absolute atomic E-state index is 12.7. The molecule has 30 heavy (non-hydrogen) atoms. The van der Waals surface area contributed by atoms with Crippen molar-refractivity contribution in [1.82, 2.24) is 14.7 Å². The fourth-order valence-electron chi connectivity index (χ4n) is 3.53. The highest BCUT2D eigenvalue weighted by molar-refractivity contribution is 5.82. The van der Waals surface area contributed by atoms with Gasteiger partial charge in [0.2, 0.25) is 0 Å². The summed E-state index contributed by atoms with van der Waals surface area (Å²) >= 11 is 0. The molecule has 1 amide bonds. The molecule has 0 N–H and O–H groups in total. The predicted octanol–water partition coefficient (Wildman–Crippen LogP) is 2.84.